The summed E-state index contributed by atoms with van der Waals surface area (Å²) >= 11 is 0. The zero-order valence-corrected chi connectivity index (χ0v) is 9.23. The van der Waals surface area contributed by atoms with Crippen molar-refractivity contribution in [1.29, 1.82) is 0 Å². The van der Waals surface area contributed by atoms with Crippen LogP contribution in [0.25, 0.3) is 0 Å². The molecule has 2 rings (SSSR count). The summed E-state index contributed by atoms with van der Waals surface area (Å²) in [6.07, 6.45) is 0.725. The van der Waals surface area contributed by atoms with Crippen molar-refractivity contribution < 1.29 is 27.8 Å². The molecule has 7 heteroatoms. The number of carboxylic acid groups (broad SMARTS) is 1. The molecule has 1 N–H and O–H groups in total. The van der Waals surface area contributed by atoms with Gasteiger partial charge in [-0.25, -0.2) is 22.9 Å². The maximum absolute atomic E-state index is 13.3. The number of carbonyl (C=O) groups is 1. The average molecular weight is 269 g/mol. The van der Waals surface area contributed by atoms with E-state index in [1.54, 1.807) is 0 Å². The van der Waals surface area contributed by atoms with E-state index in [2.05, 4.69) is 4.98 Å². The van der Waals surface area contributed by atoms with Crippen molar-refractivity contribution in [3.8, 4) is 11.6 Å². The van der Waals surface area contributed by atoms with Crippen LogP contribution in [0.2, 0.25) is 0 Å². The Balaban J connectivity index is 2.40. The van der Waals surface area contributed by atoms with E-state index < -0.39 is 40.6 Å². The number of pyridine rings is 1. The molecule has 0 atom stereocenters. The van der Waals surface area contributed by atoms with Gasteiger partial charge in [-0.15, -0.1) is 0 Å². The van der Waals surface area contributed by atoms with Crippen LogP contribution >= 0.6 is 0 Å². The molecule has 0 aliphatic heterocycles. The normalized spacial score (nSPS) is 10.3. The quantitative estimate of drug-likeness (QED) is 0.930. The van der Waals surface area contributed by atoms with Crippen molar-refractivity contribution in [3.63, 3.8) is 0 Å². The third-order valence-corrected chi connectivity index (χ3v) is 2.15. The van der Waals surface area contributed by atoms with Crippen molar-refractivity contribution in [2.24, 2.45) is 0 Å². The molecule has 2 aromatic rings. The highest BCUT2D eigenvalue weighted by Gasteiger charge is 2.16. The molecule has 0 saturated carbocycles. The minimum atomic E-state index is -1.48. The lowest BCUT2D eigenvalue weighted by molar-refractivity contribution is 0.0692. The van der Waals surface area contributed by atoms with Crippen molar-refractivity contribution in [2.75, 3.05) is 0 Å². The smallest absolute Gasteiger partial charge is 0.341 e. The zero-order valence-electron chi connectivity index (χ0n) is 9.23. The van der Waals surface area contributed by atoms with Crippen LogP contribution in [-0.2, 0) is 0 Å². The highest BCUT2D eigenvalue weighted by molar-refractivity contribution is 5.90. The lowest BCUT2D eigenvalue weighted by Gasteiger charge is -2.08. The Bertz CT molecular complexity index is 646. The van der Waals surface area contributed by atoms with Crippen LogP contribution in [0.3, 0.4) is 0 Å². The van der Waals surface area contributed by atoms with Gasteiger partial charge in [0.1, 0.15) is 17.2 Å². The summed E-state index contributed by atoms with van der Waals surface area (Å²) in [6, 6.07) is 3.16. The Hall–Kier alpha value is -2.57. The van der Waals surface area contributed by atoms with Gasteiger partial charge in [0.2, 0.25) is 5.88 Å². The number of halogens is 3. The summed E-state index contributed by atoms with van der Waals surface area (Å²) < 4.78 is 43.8. The summed E-state index contributed by atoms with van der Waals surface area (Å²) in [5.74, 6) is -5.09. The minimum Gasteiger partial charge on any atom is -0.477 e. The van der Waals surface area contributed by atoms with Gasteiger partial charge in [0, 0.05) is 6.07 Å². The second-order valence-electron chi connectivity index (χ2n) is 3.49. The van der Waals surface area contributed by atoms with E-state index in [-0.39, 0.29) is 0 Å². The van der Waals surface area contributed by atoms with E-state index in [1.165, 1.54) is 0 Å². The second-order valence-corrected chi connectivity index (χ2v) is 3.49. The molecule has 0 saturated heterocycles. The first-order valence-electron chi connectivity index (χ1n) is 4.99. The fraction of sp³-hybridized carbons (Fsp3) is 0. The molecule has 1 heterocycles. The lowest BCUT2D eigenvalue weighted by atomic mass is 10.2. The minimum absolute atomic E-state index is 0.414. The molecule has 98 valence electrons. The van der Waals surface area contributed by atoms with Crippen LogP contribution in [0.5, 0.6) is 11.6 Å². The molecule has 1 aromatic carbocycles. The average Bonchev–Trinajstić information content (AvgIpc) is 2.34. The number of rotatable bonds is 3. The molecule has 0 spiro atoms. The Morgan fingerprint density at radius 3 is 2.53 bits per heavy atom. The molecule has 0 bridgehead atoms. The fourth-order valence-electron chi connectivity index (χ4n) is 1.32. The summed E-state index contributed by atoms with van der Waals surface area (Å²) in [6.45, 7) is 0. The molecular formula is C12H6F3NO3. The van der Waals surface area contributed by atoms with Crippen LogP contribution in [0.1, 0.15) is 10.4 Å². The largest absolute Gasteiger partial charge is 0.477 e. The molecule has 4 nitrogen and oxygen atoms in total. The van der Waals surface area contributed by atoms with Crippen molar-refractivity contribution in [2.45, 2.75) is 0 Å². The number of aromatic nitrogens is 1. The molecule has 0 aliphatic rings. The highest BCUT2D eigenvalue weighted by Crippen LogP contribution is 2.26. The number of aromatic carboxylic acids is 1. The predicted molar refractivity (Wildman–Crippen MR) is 57.6 cm³/mol. The van der Waals surface area contributed by atoms with Gasteiger partial charge in [-0.1, -0.05) is 0 Å². The van der Waals surface area contributed by atoms with Crippen molar-refractivity contribution >= 4 is 5.97 Å². The first-order valence-corrected chi connectivity index (χ1v) is 4.99. The zero-order chi connectivity index (χ0) is 14.0. The molecular weight excluding hydrogens is 263 g/mol. The number of carboxylic acids is 1. The van der Waals surface area contributed by atoms with Crippen LogP contribution in [0, 0.1) is 17.5 Å². The molecule has 0 amide bonds. The third-order valence-electron chi connectivity index (χ3n) is 2.15. The molecule has 1 aromatic heterocycles. The van der Waals surface area contributed by atoms with E-state index in [1.807, 2.05) is 0 Å². The first-order chi connectivity index (χ1) is 8.97. The van der Waals surface area contributed by atoms with E-state index >= 15 is 0 Å². The van der Waals surface area contributed by atoms with Gasteiger partial charge < -0.3 is 9.84 Å². The number of ether oxygens (including phenoxy) is 1. The topological polar surface area (TPSA) is 59.4 Å². The summed E-state index contributed by atoms with van der Waals surface area (Å²) in [7, 11) is 0. The standard InChI is InChI=1S/C12H6F3NO3/c13-6-1-2-10(9(15)4-6)19-11-8(12(17)18)3-7(14)5-16-11/h1-5H,(H,17,18). The maximum atomic E-state index is 13.3. The van der Waals surface area contributed by atoms with E-state index in [0.717, 1.165) is 18.3 Å². The highest BCUT2D eigenvalue weighted by atomic mass is 19.1. The van der Waals surface area contributed by atoms with Gasteiger partial charge in [0.15, 0.2) is 11.6 Å². The predicted octanol–water partition coefficient (Wildman–Crippen LogP) is 2.99. The summed E-state index contributed by atoms with van der Waals surface area (Å²) in [5.41, 5.74) is -0.566. The van der Waals surface area contributed by atoms with Gasteiger partial charge in [-0.2, -0.15) is 0 Å². The van der Waals surface area contributed by atoms with Crippen LogP contribution in [0.15, 0.2) is 30.5 Å². The Kier molecular flexibility index (Phi) is 3.37. The second kappa shape index (κ2) is 4.97. The van der Waals surface area contributed by atoms with Gasteiger partial charge in [-0.3, -0.25) is 0 Å². The maximum Gasteiger partial charge on any atom is 0.341 e. The van der Waals surface area contributed by atoms with Gasteiger partial charge in [0.25, 0.3) is 0 Å². The monoisotopic (exact) mass is 269 g/mol. The Morgan fingerprint density at radius 1 is 1.16 bits per heavy atom. The van der Waals surface area contributed by atoms with Gasteiger partial charge in [0.05, 0.1) is 6.20 Å². The van der Waals surface area contributed by atoms with E-state index in [4.69, 9.17) is 9.84 Å². The molecule has 0 fully saturated rings. The van der Waals surface area contributed by atoms with Gasteiger partial charge in [-0.05, 0) is 18.2 Å². The summed E-state index contributed by atoms with van der Waals surface area (Å²) in [5, 5.41) is 8.84. The molecule has 19 heavy (non-hydrogen) atoms. The molecule has 0 aliphatic carbocycles. The number of hydrogen-bond acceptors (Lipinski definition) is 3. The first kappa shape index (κ1) is 12.9. The SMILES string of the molecule is O=C(O)c1cc(F)cnc1Oc1ccc(F)cc1F. The van der Waals surface area contributed by atoms with Crippen LogP contribution in [0.4, 0.5) is 13.2 Å². The van der Waals surface area contributed by atoms with Crippen LogP contribution in [-0.4, -0.2) is 16.1 Å². The number of nitrogens with zero attached hydrogens (tertiary/aromatic N) is 1. The Labute approximate surface area is 105 Å². The third kappa shape index (κ3) is 2.82. The lowest BCUT2D eigenvalue weighted by Crippen LogP contribution is -2.03. The van der Waals surface area contributed by atoms with E-state index in [9.17, 15) is 18.0 Å². The van der Waals surface area contributed by atoms with Crippen molar-refractivity contribution in [3.05, 3.63) is 53.5 Å². The molecule has 0 unspecified atom stereocenters. The Morgan fingerprint density at radius 2 is 1.89 bits per heavy atom. The van der Waals surface area contributed by atoms with E-state index in [0.29, 0.717) is 12.1 Å². The van der Waals surface area contributed by atoms with Gasteiger partial charge >= 0.3 is 5.97 Å². The summed E-state index contributed by atoms with van der Waals surface area (Å²) in [4.78, 5) is 14.3. The molecule has 0 radical (unpaired) electrons. The number of hydrogen-bond donors (Lipinski definition) is 1. The van der Waals surface area contributed by atoms with Crippen LogP contribution < -0.4 is 4.74 Å². The number of benzene rings is 1. The van der Waals surface area contributed by atoms with Crippen molar-refractivity contribution in [1.82, 2.24) is 4.98 Å². The fourth-order valence-corrected chi connectivity index (χ4v) is 1.32.